The summed E-state index contributed by atoms with van der Waals surface area (Å²) in [6.07, 6.45) is 1.89. The topological polar surface area (TPSA) is 30.7 Å². The molecule has 1 aromatic heterocycles. The van der Waals surface area contributed by atoms with Crippen LogP contribution in [0.25, 0.3) is 0 Å². The molecular weight excluding hydrogens is 246 g/mol. The van der Waals surface area contributed by atoms with E-state index in [0.717, 1.165) is 31.0 Å². The molecule has 0 radical (unpaired) electrons. The van der Waals surface area contributed by atoms with E-state index in [-0.39, 0.29) is 0 Å². The van der Waals surface area contributed by atoms with Gasteiger partial charge in [0.25, 0.3) is 0 Å². The second kappa shape index (κ2) is 6.01. The molecule has 0 amide bonds. The molecule has 2 aromatic rings. The number of aromatic nitrogens is 3. The Bertz CT molecular complexity index is 502. The lowest BCUT2D eigenvalue weighted by Gasteiger charge is -2.06. The van der Waals surface area contributed by atoms with Crippen molar-refractivity contribution in [3.63, 3.8) is 0 Å². The average molecular weight is 264 g/mol. The number of benzene rings is 1. The average Bonchev–Trinajstić information content (AvgIpc) is 2.80. The van der Waals surface area contributed by atoms with Crippen molar-refractivity contribution in [1.29, 1.82) is 0 Å². The standard InChI is InChI=1S/C14H18ClN3/c1-3-18-13(16-17-14(18)10-15)9-8-12-6-4-11(2)5-7-12/h4-7H,3,8-10H2,1-2H3. The predicted molar refractivity (Wildman–Crippen MR) is 73.8 cm³/mol. The summed E-state index contributed by atoms with van der Waals surface area (Å²) in [5.41, 5.74) is 2.62. The molecule has 0 saturated carbocycles. The molecule has 3 nitrogen and oxygen atoms in total. The molecule has 0 spiro atoms. The Morgan fingerprint density at radius 1 is 1.06 bits per heavy atom. The number of alkyl halides is 1. The van der Waals surface area contributed by atoms with Crippen LogP contribution in [0.5, 0.6) is 0 Å². The summed E-state index contributed by atoms with van der Waals surface area (Å²) >= 11 is 5.84. The molecule has 0 bridgehead atoms. The van der Waals surface area contributed by atoms with Gasteiger partial charge in [0, 0.05) is 13.0 Å². The van der Waals surface area contributed by atoms with Crippen LogP contribution in [0.4, 0.5) is 0 Å². The van der Waals surface area contributed by atoms with Crippen LogP contribution in [-0.4, -0.2) is 14.8 Å². The zero-order chi connectivity index (χ0) is 13.0. The first-order chi connectivity index (χ1) is 8.74. The molecule has 1 aromatic carbocycles. The predicted octanol–water partition coefficient (Wildman–Crippen LogP) is 3.13. The lowest BCUT2D eigenvalue weighted by molar-refractivity contribution is 0.668. The molecular formula is C14H18ClN3. The van der Waals surface area contributed by atoms with Gasteiger partial charge < -0.3 is 4.57 Å². The van der Waals surface area contributed by atoms with Gasteiger partial charge in [-0.3, -0.25) is 0 Å². The van der Waals surface area contributed by atoms with Crippen LogP contribution >= 0.6 is 11.6 Å². The van der Waals surface area contributed by atoms with Crippen LogP contribution < -0.4 is 0 Å². The van der Waals surface area contributed by atoms with Crippen molar-refractivity contribution in [2.24, 2.45) is 0 Å². The molecule has 0 atom stereocenters. The number of halogens is 1. The number of aryl methyl sites for hydroxylation is 3. The van der Waals surface area contributed by atoms with E-state index in [4.69, 9.17) is 11.6 Å². The van der Waals surface area contributed by atoms with E-state index in [1.54, 1.807) is 0 Å². The minimum atomic E-state index is 0.422. The van der Waals surface area contributed by atoms with E-state index in [2.05, 4.69) is 52.9 Å². The third kappa shape index (κ3) is 2.91. The Morgan fingerprint density at radius 3 is 2.33 bits per heavy atom. The van der Waals surface area contributed by atoms with Crippen molar-refractivity contribution in [2.75, 3.05) is 0 Å². The lowest BCUT2D eigenvalue weighted by atomic mass is 10.1. The number of rotatable bonds is 5. The Morgan fingerprint density at radius 2 is 1.72 bits per heavy atom. The molecule has 2 rings (SSSR count). The van der Waals surface area contributed by atoms with Crippen molar-refractivity contribution in [3.05, 3.63) is 47.0 Å². The summed E-state index contributed by atoms with van der Waals surface area (Å²) in [6.45, 7) is 5.07. The van der Waals surface area contributed by atoms with E-state index in [0.29, 0.717) is 5.88 Å². The molecule has 18 heavy (non-hydrogen) atoms. The van der Waals surface area contributed by atoms with Crippen molar-refractivity contribution >= 4 is 11.6 Å². The van der Waals surface area contributed by atoms with Crippen LogP contribution in [-0.2, 0) is 25.3 Å². The highest BCUT2D eigenvalue weighted by Crippen LogP contribution is 2.10. The first-order valence-electron chi connectivity index (χ1n) is 6.27. The molecule has 0 unspecified atom stereocenters. The number of hydrogen-bond acceptors (Lipinski definition) is 2. The fourth-order valence-corrected chi connectivity index (χ4v) is 2.23. The zero-order valence-electron chi connectivity index (χ0n) is 10.9. The van der Waals surface area contributed by atoms with Crippen LogP contribution in [0.15, 0.2) is 24.3 Å². The Labute approximate surface area is 113 Å². The molecule has 0 aliphatic rings. The normalized spacial score (nSPS) is 10.8. The highest BCUT2D eigenvalue weighted by atomic mass is 35.5. The molecule has 1 heterocycles. The third-order valence-electron chi connectivity index (χ3n) is 3.10. The van der Waals surface area contributed by atoms with Crippen molar-refractivity contribution in [1.82, 2.24) is 14.8 Å². The quantitative estimate of drug-likeness (QED) is 0.776. The van der Waals surface area contributed by atoms with Gasteiger partial charge in [0.2, 0.25) is 0 Å². The van der Waals surface area contributed by atoms with Crippen molar-refractivity contribution < 1.29 is 0 Å². The lowest BCUT2D eigenvalue weighted by Crippen LogP contribution is -2.06. The molecule has 96 valence electrons. The molecule has 0 aliphatic carbocycles. The highest BCUT2D eigenvalue weighted by Gasteiger charge is 2.09. The molecule has 0 saturated heterocycles. The van der Waals surface area contributed by atoms with Gasteiger partial charge in [-0.2, -0.15) is 0 Å². The maximum Gasteiger partial charge on any atom is 0.147 e. The van der Waals surface area contributed by atoms with Crippen LogP contribution in [0.2, 0.25) is 0 Å². The second-order valence-electron chi connectivity index (χ2n) is 4.40. The summed E-state index contributed by atoms with van der Waals surface area (Å²) in [6, 6.07) is 8.63. The maximum absolute atomic E-state index is 5.84. The molecule has 0 fully saturated rings. The van der Waals surface area contributed by atoms with Gasteiger partial charge in [0.05, 0.1) is 5.88 Å². The van der Waals surface area contributed by atoms with Gasteiger partial charge in [-0.1, -0.05) is 29.8 Å². The summed E-state index contributed by atoms with van der Waals surface area (Å²) in [4.78, 5) is 0. The van der Waals surface area contributed by atoms with E-state index in [1.165, 1.54) is 11.1 Å². The second-order valence-corrected chi connectivity index (χ2v) is 4.66. The smallest absolute Gasteiger partial charge is 0.147 e. The monoisotopic (exact) mass is 263 g/mol. The Balaban J connectivity index is 2.06. The van der Waals surface area contributed by atoms with Gasteiger partial charge >= 0.3 is 0 Å². The van der Waals surface area contributed by atoms with Crippen LogP contribution in [0.1, 0.15) is 29.7 Å². The molecule has 4 heteroatoms. The minimum absolute atomic E-state index is 0.422. The first kappa shape index (κ1) is 13.1. The summed E-state index contributed by atoms with van der Waals surface area (Å²) in [7, 11) is 0. The van der Waals surface area contributed by atoms with Gasteiger partial charge in [0.1, 0.15) is 11.6 Å². The van der Waals surface area contributed by atoms with Gasteiger partial charge in [-0.25, -0.2) is 0 Å². The van der Waals surface area contributed by atoms with E-state index >= 15 is 0 Å². The van der Waals surface area contributed by atoms with E-state index in [1.807, 2.05) is 0 Å². The van der Waals surface area contributed by atoms with Crippen molar-refractivity contribution in [2.45, 2.75) is 39.1 Å². The zero-order valence-corrected chi connectivity index (χ0v) is 11.6. The summed E-state index contributed by atoms with van der Waals surface area (Å²) in [5.74, 6) is 2.30. The van der Waals surface area contributed by atoms with E-state index < -0.39 is 0 Å². The fraction of sp³-hybridized carbons (Fsp3) is 0.429. The van der Waals surface area contributed by atoms with Crippen LogP contribution in [0.3, 0.4) is 0 Å². The number of hydrogen-bond donors (Lipinski definition) is 0. The van der Waals surface area contributed by atoms with Gasteiger partial charge in [-0.05, 0) is 25.8 Å². The van der Waals surface area contributed by atoms with Crippen LogP contribution in [0, 0.1) is 6.92 Å². The third-order valence-corrected chi connectivity index (χ3v) is 3.34. The summed E-state index contributed by atoms with van der Waals surface area (Å²) < 4.78 is 2.10. The first-order valence-corrected chi connectivity index (χ1v) is 6.80. The SMILES string of the molecule is CCn1c(CCl)nnc1CCc1ccc(C)cc1. The maximum atomic E-state index is 5.84. The summed E-state index contributed by atoms with van der Waals surface area (Å²) in [5, 5.41) is 8.33. The largest absolute Gasteiger partial charge is 0.314 e. The fourth-order valence-electron chi connectivity index (χ4n) is 2.03. The Kier molecular flexibility index (Phi) is 4.37. The minimum Gasteiger partial charge on any atom is -0.314 e. The molecule has 0 N–H and O–H groups in total. The van der Waals surface area contributed by atoms with Gasteiger partial charge in [-0.15, -0.1) is 21.8 Å². The van der Waals surface area contributed by atoms with Gasteiger partial charge in [0.15, 0.2) is 0 Å². The molecule has 0 aliphatic heterocycles. The Hall–Kier alpha value is -1.35. The number of nitrogens with zero attached hydrogens (tertiary/aromatic N) is 3. The van der Waals surface area contributed by atoms with Crippen molar-refractivity contribution in [3.8, 4) is 0 Å². The highest BCUT2D eigenvalue weighted by molar-refractivity contribution is 6.16. The van der Waals surface area contributed by atoms with E-state index in [9.17, 15) is 0 Å².